The van der Waals surface area contributed by atoms with Gasteiger partial charge in [0, 0.05) is 12.1 Å². The molecule has 20 heavy (non-hydrogen) atoms. The van der Waals surface area contributed by atoms with Gasteiger partial charge in [0.1, 0.15) is 5.69 Å². The molecule has 4 heteroatoms. The smallest absolute Gasteiger partial charge is 0.107 e. The number of benzene rings is 1. The Balaban J connectivity index is 1.83. The lowest BCUT2D eigenvalue weighted by atomic mass is 9.84. The van der Waals surface area contributed by atoms with Crippen LogP contribution < -0.4 is 5.73 Å². The van der Waals surface area contributed by atoms with Gasteiger partial charge >= 0.3 is 0 Å². The molecule has 3 N–H and O–H groups in total. The quantitative estimate of drug-likeness (QED) is 0.877. The summed E-state index contributed by atoms with van der Waals surface area (Å²) < 4.78 is 0.977. The number of rotatable bonds is 3. The molecule has 3 nitrogen and oxygen atoms in total. The zero-order valence-electron chi connectivity index (χ0n) is 11.5. The van der Waals surface area contributed by atoms with Crippen LogP contribution in [0.5, 0.6) is 0 Å². The fraction of sp³-hybridized carbons (Fsp3) is 0.438. The van der Waals surface area contributed by atoms with Crippen LogP contribution in [-0.4, -0.2) is 10.2 Å². The van der Waals surface area contributed by atoms with Crippen molar-refractivity contribution in [1.82, 2.24) is 10.2 Å². The molecule has 0 unspecified atom stereocenters. The SMILES string of the molecule is NCc1[nH]nc(-c2ccc(C3CCCCC3)cc2)c1Br. The Morgan fingerprint density at radius 2 is 1.85 bits per heavy atom. The second-order valence-electron chi connectivity index (χ2n) is 5.53. The molecule has 1 aromatic heterocycles. The molecule has 1 aliphatic carbocycles. The first-order valence-corrected chi connectivity index (χ1v) is 8.12. The molecule has 0 aliphatic heterocycles. The third-order valence-electron chi connectivity index (χ3n) is 4.24. The van der Waals surface area contributed by atoms with E-state index in [1.54, 1.807) is 0 Å². The maximum atomic E-state index is 5.66. The van der Waals surface area contributed by atoms with Gasteiger partial charge in [-0.15, -0.1) is 0 Å². The molecule has 0 saturated heterocycles. The van der Waals surface area contributed by atoms with Crippen LogP contribution in [0, 0.1) is 0 Å². The van der Waals surface area contributed by atoms with Crippen molar-refractivity contribution in [1.29, 1.82) is 0 Å². The topological polar surface area (TPSA) is 54.7 Å². The minimum absolute atomic E-state index is 0.466. The summed E-state index contributed by atoms with van der Waals surface area (Å²) in [5, 5.41) is 7.33. The van der Waals surface area contributed by atoms with E-state index in [9.17, 15) is 0 Å². The van der Waals surface area contributed by atoms with Crippen LogP contribution in [0.15, 0.2) is 28.7 Å². The number of hydrogen-bond donors (Lipinski definition) is 2. The molecular weight excluding hydrogens is 314 g/mol. The minimum atomic E-state index is 0.466. The highest BCUT2D eigenvalue weighted by molar-refractivity contribution is 9.10. The first kappa shape index (κ1) is 13.8. The van der Waals surface area contributed by atoms with Crippen LogP contribution in [0.4, 0.5) is 0 Å². The molecule has 0 spiro atoms. The van der Waals surface area contributed by atoms with Gasteiger partial charge in [-0.3, -0.25) is 5.10 Å². The zero-order valence-corrected chi connectivity index (χ0v) is 13.1. The van der Waals surface area contributed by atoms with Crippen LogP contribution in [0.3, 0.4) is 0 Å². The van der Waals surface area contributed by atoms with E-state index < -0.39 is 0 Å². The summed E-state index contributed by atoms with van der Waals surface area (Å²) >= 11 is 3.57. The van der Waals surface area contributed by atoms with Crippen molar-refractivity contribution in [2.24, 2.45) is 5.73 Å². The molecule has 1 aliphatic rings. The number of H-pyrrole nitrogens is 1. The molecule has 106 valence electrons. The molecular formula is C16H20BrN3. The van der Waals surface area contributed by atoms with Crippen LogP contribution >= 0.6 is 15.9 Å². The Morgan fingerprint density at radius 3 is 2.45 bits per heavy atom. The normalized spacial score (nSPS) is 16.5. The highest BCUT2D eigenvalue weighted by Gasteiger charge is 2.16. The van der Waals surface area contributed by atoms with E-state index in [4.69, 9.17) is 5.73 Å². The van der Waals surface area contributed by atoms with Gasteiger partial charge in [-0.2, -0.15) is 5.10 Å². The fourth-order valence-electron chi connectivity index (χ4n) is 3.04. The van der Waals surface area contributed by atoms with E-state index >= 15 is 0 Å². The van der Waals surface area contributed by atoms with E-state index in [0.29, 0.717) is 6.54 Å². The Bertz CT molecular complexity index is 568. The standard InChI is InChI=1S/C16H20BrN3/c17-15-14(10-18)19-20-16(15)13-8-6-12(7-9-13)11-4-2-1-3-5-11/h6-9,11H,1-5,10,18H2,(H,19,20). The van der Waals surface area contributed by atoms with Gasteiger partial charge in [0.15, 0.2) is 0 Å². The Kier molecular flexibility index (Phi) is 4.22. The van der Waals surface area contributed by atoms with Crippen molar-refractivity contribution in [3.8, 4) is 11.3 Å². The summed E-state index contributed by atoms with van der Waals surface area (Å²) in [7, 11) is 0. The highest BCUT2D eigenvalue weighted by Crippen LogP contribution is 2.34. The first-order valence-electron chi connectivity index (χ1n) is 7.32. The average molecular weight is 334 g/mol. The third-order valence-corrected chi connectivity index (χ3v) is 5.09. The van der Waals surface area contributed by atoms with Gasteiger partial charge in [-0.25, -0.2) is 0 Å². The van der Waals surface area contributed by atoms with Crippen molar-refractivity contribution >= 4 is 15.9 Å². The predicted molar refractivity (Wildman–Crippen MR) is 85.4 cm³/mol. The number of halogens is 1. The van der Waals surface area contributed by atoms with Crippen molar-refractivity contribution in [2.45, 2.75) is 44.6 Å². The van der Waals surface area contributed by atoms with Gasteiger partial charge in [0.25, 0.3) is 0 Å². The number of nitrogens with one attached hydrogen (secondary N) is 1. The molecule has 1 aromatic carbocycles. The van der Waals surface area contributed by atoms with E-state index in [1.165, 1.54) is 37.7 Å². The van der Waals surface area contributed by atoms with Crippen LogP contribution in [-0.2, 0) is 6.54 Å². The summed E-state index contributed by atoms with van der Waals surface area (Å²) in [4.78, 5) is 0. The molecule has 1 fully saturated rings. The lowest BCUT2D eigenvalue weighted by Gasteiger charge is -2.22. The van der Waals surface area contributed by atoms with Crippen LogP contribution in [0.1, 0.15) is 49.3 Å². The van der Waals surface area contributed by atoms with Crippen molar-refractivity contribution in [2.75, 3.05) is 0 Å². The summed E-state index contributed by atoms with van der Waals surface area (Å²) in [5.74, 6) is 0.750. The maximum absolute atomic E-state index is 5.66. The van der Waals surface area contributed by atoms with Gasteiger partial charge in [-0.05, 0) is 40.3 Å². The average Bonchev–Trinajstić information content (AvgIpc) is 2.89. The van der Waals surface area contributed by atoms with E-state index in [-0.39, 0.29) is 0 Å². The third kappa shape index (κ3) is 2.67. The molecule has 0 atom stereocenters. The number of aromatic nitrogens is 2. The summed E-state index contributed by atoms with van der Waals surface area (Å²) in [6, 6.07) is 8.86. The van der Waals surface area contributed by atoms with Crippen molar-refractivity contribution < 1.29 is 0 Å². The number of nitrogens with two attached hydrogens (primary N) is 1. The Morgan fingerprint density at radius 1 is 1.15 bits per heavy atom. The lowest BCUT2D eigenvalue weighted by molar-refractivity contribution is 0.443. The molecule has 3 rings (SSSR count). The van der Waals surface area contributed by atoms with Gasteiger partial charge in [-0.1, -0.05) is 43.5 Å². The second kappa shape index (κ2) is 6.10. The maximum Gasteiger partial charge on any atom is 0.107 e. The summed E-state index contributed by atoms with van der Waals surface area (Å²) in [6.07, 6.45) is 6.82. The lowest BCUT2D eigenvalue weighted by Crippen LogP contribution is -2.04. The largest absolute Gasteiger partial charge is 0.325 e. The molecule has 1 heterocycles. The molecule has 2 aromatic rings. The van der Waals surface area contributed by atoms with Gasteiger partial charge < -0.3 is 5.73 Å². The van der Waals surface area contributed by atoms with E-state index in [2.05, 4.69) is 50.4 Å². The summed E-state index contributed by atoms with van der Waals surface area (Å²) in [6.45, 7) is 0.466. The molecule has 0 radical (unpaired) electrons. The van der Waals surface area contributed by atoms with Crippen molar-refractivity contribution in [3.63, 3.8) is 0 Å². The van der Waals surface area contributed by atoms with Crippen LogP contribution in [0.25, 0.3) is 11.3 Å². The molecule has 1 saturated carbocycles. The minimum Gasteiger partial charge on any atom is -0.325 e. The number of hydrogen-bond acceptors (Lipinski definition) is 2. The zero-order chi connectivity index (χ0) is 13.9. The number of nitrogens with zero attached hydrogens (tertiary/aromatic N) is 1. The Hall–Kier alpha value is -1.13. The highest BCUT2D eigenvalue weighted by atomic mass is 79.9. The Labute approximate surface area is 128 Å². The van der Waals surface area contributed by atoms with Crippen molar-refractivity contribution in [3.05, 3.63) is 40.0 Å². The van der Waals surface area contributed by atoms with E-state index in [1.807, 2.05) is 0 Å². The summed E-state index contributed by atoms with van der Waals surface area (Å²) in [5.41, 5.74) is 10.2. The second-order valence-corrected chi connectivity index (χ2v) is 6.32. The predicted octanol–water partition coefficient (Wildman–Crippen LogP) is 4.35. The molecule has 0 bridgehead atoms. The van der Waals surface area contributed by atoms with Gasteiger partial charge in [0.05, 0.1) is 10.2 Å². The van der Waals surface area contributed by atoms with Crippen LogP contribution in [0.2, 0.25) is 0 Å². The fourth-order valence-corrected chi connectivity index (χ4v) is 3.61. The van der Waals surface area contributed by atoms with E-state index in [0.717, 1.165) is 27.3 Å². The van der Waals surface area contributed by atoms with Gasteiger partial charge in [0.2, 0.25) is 0 Å². The number of aromatic amines is 1. The first-order chi connectivity index (χ1) is 9.79. The monoisotopic (exact) mass is 333 g/mol. The molecule has 0 amide bonds.